The lowest BCUT2D eigenvalue weighted by molar-refractivity contribution is -0.0413. The van der Waals surface area contributed by atoms with E-state index in [-0.39, 0.29) is 24.0 Å². The predicted octanol–water partition coefficient (Wildman–Crippen LogP) is 1.41. The van der Waals surface area contributed by atoms with Gasteiger partial charge < -0.3 is 10.2 Å². The Morgan fingerprint density at radius 3 is 2.17 bits per heavy atom. The first-order valence-corrected chi connectivity index (χ1v) is 4.88. The van der Waals surface area contributed by atoms with Crippen LogP contribution in [0, 0.1) is 17.8 Å². The van der Waals surface area contributed by atoms with E-state index in [9.17, 15) is 10.2 Å². The average Bonchev–Trinajstić information content (AvgIpc) is 1.96. The molecule has 0 aromatic rings. The summed E-state index contributed by atoms with van der Waals surface area (Å²) in [5.74, 6) is 1.02. The molecule has 0 amide bonds. The van der Waals surface area contributed by atoms with Gasteiger partial charge in [0.25, 0.3) is 0 Å². The highest BCUT2D eigenvalue weighted by atomic mass is 16.3. The second-order valence-electron chi connectivity index (χ2n) is 4.49. The number of aliphatic hydroxyl groups excluding tert-OH is 2. The lowest BCUT2D eigenvalue weighted by Crippen LogP contribution is -2.39. The maximum absolute atomic E-state index is 9.72. The van der Waals surface area contributed by atoms with Gasteiger partial charge in [-0.05, 0) is 30.6 Å². The Bertz CT molecular complexity index is 145. The molecule has 0 saturated heterocycles. The molecule has 0 aromatic carbocycles. The molecule has 0 aromatic heterocycles. The highest BCUT2D eigenvalue weighted by Gasteiger charge is 2.34. The van der Waals surface area contributed by atoms with Crippen molar-refractivity contribution < 1.29 is 10.2 Å². The van der Waals surface area contributed by atoms with E-state index in [1.165, 1.54) is 0 Å². The fourth-order valence-corrected chi connectivity index (χ4v) is 2.10. The summed E-state index contributed by atoms with van der Waals surface area (Å²) in [6.07, 6.45) is 1.11. The van der Waals surface area contributed by atoms with Gasteiger partial charge in [0.15, 0.2) is 0 Å². The molecule has 12 heavy (non-hydrogen) atoms. The molecule has 2 nitrogen and oxygen atoms in total. The number of aliphatic hydroxyl groups is 2. The zero-order valence-electron chi connectivity index (χ0n) is 8.20. The van der Waals surface area contributed by atoms with E-state index in [1.807, 2.05) is 6.92 Å². The van der Waals surface area contributed by atoms with E-state index >= 15 is 0 Å². The van der Waals surface area contributed by atoms with Crippen molar-refractivity contribution in [2.45, 2.75) is 45.8 Å². The average molecular weight is 172 g/mol. The van der Waals surface area contributed by atoms with Crippen molar-refractivity contribution in [3.8, 4) is 0 Å². The van der Waals surface area contributed by atoms with Crippen LogP contribution >= 0.6 is 0 Å². The molecule has 72 valence electrons. The number of rotatable bonds is 1. The third kappa shape index (κ3) is 1.99. The normalized spacial score (nSPS) is 43.5. The number of hydrogen-bond donors (Lipinski definition) is 2. The van der Waals surface area contributed by atoms with Gasteiger partial charge in [-0.2, -0.15) is 0 Å². The number of hydrogen-bond acceptors (Lipinski definition) is 2. The van der Waals surface area contributed by atoms with Gasteiger partial charge >= 0.3 is 0 Å². The molecule has 2 heteroatoms. The molecule has 0 heterocycles. The van der Waals surface area contributed by atoms with Gasteiger partial charge in [0.2, 0.25) is 0 Å². The Hall–Kier alpha value is -0.0800. The SMILES string of the molecule is CC(C)[C@H]1C[C@H](O)[C@@H](C)C[C@H]1O. The Kier molecular flexibility index (Phi) is 3.13. The van der Waals surface area contributed by atoms with E-state index in [0.29, 0.717) is 5.92 Å². The molecule has 1 aliphatic rings. The van der Waals surface area contributed by atoms with Crippen molar-refractivity contribution in [1.29, 1.82) is 0 Å². The molecule has 0 unspecified atom stereocenters. The topological polar surface area (TPSA) is 40.5 Å². The van der Waals surface area contributed by atoms with Gasteiger partial charge in [-0.3, -0.25) is 0 Å². The van der Waals surface area contributed by atoms with E-state index < -0.39 is 0 Å². The smallest absolute Gasteiger partial charge is 0.0575 e. The largest absolute Gasteiger partial charge is 0.393 e. The molecular formula is C10H20O2. The van der Waals surface area contributed by atoms with E-state index in [2.05, 4.69) is 13.8 Å². The van der Waals surface area contributed by atoms with Gasteiger partial charge in [-0.1, -0.05) is 20.8 Å². The van der Waals surface area contributed by atoms with Gasteiger partial charge in [0.05, 0.1) is 12.2 Å². The quantitative estimate of drug-likeness (QED) is 0.628. The Labute approximate surface area is 74.6 Å². The van der Waals surface area contributed by atoms with Crippen LogP contribution < -0.4 is 0 Å². The van der Waals surface area contributed by atoms with Gasteiger partial charge in [-0.25, -0.2) is 0 Å². The van der Waals surface area contributed by atoms with E-state index in [1.54, 1.807) is 0 Å². The summed E-state index contributed by atoms with van der Waals surface area (Å²) in [7, 11) is 0. The zero-order valence-corrected chi connectivity index (χ0v) is 8.20. The fourth-order valence-electron chi connectivity index (χ4n) is 2.10. The van der Waals surface area contributed by atoms with Gasteiger partial charge in [0, 0.05) is 0 Å². The maximum atomic E-state index is 9.72. The standard InChI is InChI=1S/C10H20O2/c1-6(2)8-5-9(11)7(3)4-10(8)12/h6-12H,4-5H2,1-3H3/t7-,8+,9-,10+/m0/s1. The second-order valence-corrected chi connectivity index (χ2v) is 4.49. The molecule has 0 aliphatic heterocycles. The fraction of sp³-hybridized carbons (Fsp3) is 1.00. The minimum absolute atomic E-state index is 0.205. The van der Waals surface area contributed by atoms with Crippen LogP contribution in [0.2, 0.25) is 0 Å². The highest BCUT2D eigenvalue weighted by molar-refractivity contribution is 4.84. The van der Waals surface area contributed by atoms with Crippen molar-refractivity contribution in [1.82, 2.24) is 0 Å². The van der Waals surface area contributed by atoms with Crippen molar-refractivity contribution in [2.75, 3.05) is 0 Å². The van der Waals surface area contributed by atoms with Crippen LogP contribution in [0.5, 0.6) is 0 Å². The molecule has 0 spiro atoms. The minimum Gasteiger partial charge on any atom is -0.393 e. The second kappa shape index (κ2) is 3.75. The van der Waals surface area contributed by atoms with Crippen molar-refractivity contribution in [3.05, 3.63) is 0 Å². The molecule has 1 fully saturated rings. The van der Waals surface area contributed by atoms with Crippen LogP contribution in [0.25, 0.3) is 0 Å². The molecule has 1 rings (SSSR count). The molecule has 2 N–H and O–H groups in total. The minimum atomic E-state index is -0.208. The monoisotopic (exact) mass is 172 g/mol. The predicted molar refractivity (Wildman–Crippen MR) is 48.7 cm³/mol. The third-order valence-corrected chi connectivity index (χ3v) is 3.13. The van der Waals surface area contributed by atoms with Crippen molar-refractivity contribution >= 4 is 0 Å². The van der Waals surface area contributed by atoms with Crippen LogP contribution in [0.4, 0.5) is 0 Å². The first-order valence-electron chi connectivity index (χ1n) is 4.88. The Morgan fingerprint density at radius 2 is 1.67 bits per heavy atom. The Morgan fingerprint density at radius 1 is 1.08 bits per heavy atom. The molecular weight excluding hydrogens is 152 g/mol. The summed E-state index contributed by atoms with van der Waals surface area (Å²) in [6, 6.07) is 0. The molecule has 4 atom stereocenters. The highest BCUT2D eigenvalue weighted by Crippen LogP contribution is 2.33. The lowest BCUT2D eigenvalue weighted by Gasteiger charge is -2.37. The maximum Gasteiger partial charge on any atom is 0.0575 e. The molecule has 1 aliphatic carbocycles. The van der Waals surface area contributed by atoms with E-state index in [4.69, 9.17) is 0 Å². The Balaban J connectivity index is 2.55. The van der Waals surface area contributed by atoms with Crippen LogP contribution in [0.1, 0.15) is 33.6 Å². The van der Waals surface area contributed by atoms with Crippen LogP contribution in [-0.4, -0.2) is 22.4 Å². The van der Waals surface area contributed by atoms with Gasteiger partial charge in [-0.15, -0.1) is 0 Å². The van der Waals surface area contributed by atoms with Crippen LogP contribution in [0.15, 0.2) is 0 Å². The summed E-state index contributed by atoms with van der Waals surface area (Å²) >= 11 is 0. The third-order valence-electron chi connectivity index (χ3n) is 3.13. The zero-order chi connectivity index (χ0) is 9.30. The van der Waals surface area contributed by atoms with Crippen LogP contribution in [0.3, 0.4) is 0 Å². The molecule has 0 radical (unpaired) electrons. The van der Waals surface area contributed by atoms with Crippen LogP contribution in [-0.2, 0) is 0 Å². The molecule has 0 bridgehead atoms. The van der Waals surface area contributed by atoms with Crippen molar-refractivity contribution in [3.63, 3.8) is 0 Å². The lowest BCUT2D eigenvalue weighted by atomic mass is 9.74. The summed E-state index contributed by atoms with van der Waals surface area (Å²) in [5.41, 5.74) is 0. The molecule has 1 saturated carbocycles. The first-order chi connectivity index (χ1) is 5.52. The van der Waals surface area contributed by atoms with Crippen molar-refractivity contribution in [2.24, 2.45) is 17.8 Å². The summed E-state index contributed by atoms with van der Waals surface area (Å²) in [4.78, 5) is 0. The van der Waals surface area contributed by atoms with Gasteiger partial charge in [0.1, 0.15) is 0 Å². The summed E-state index contributed by atoms with van der Waals surface area (Å²) < 4.78 is 0. The summed E-state index contributed by atoms with van der Waals surface area (Å²) in [5, 5.41) is 19.3. The first kappa shape index (κ1) is 10.0. The summed E-state index contributed by atoms with van der Waals surface area (Å²) in [6.45, 7) is 6.22. The van der Waals surface area contributed by atoms with E-state index in [0.717, 1.165) is 12.8 Å².